The van der Waals surface area contributed by atoms with Gasteiger partial charge in [0.15, 0.2) is 0 Å². The van der Waals surface area contributed by atoms with Crippen molar-refractivity contribution >= 4 is 5.91 Å². The molecule has 112 valence electrons. The second kappa shape index (κ2) is 6.52. The number of hydrogen-bond donors (Lipinski definition) is 1. The standard InChI is InChI=1S/C16H22N4O/c1-11(2)15(10-20-17-7-8-18-20)19-16(21)14-6-5-12(3)13(4)9-14/h5-9,11,15H,10H2,1-4H3,(H,19,21). The fourth-order valence-electron chi connectivity index (χ4n) is 2.07. The number of carbonyl (C=O) groups excluding carboxylic acids is 1. The third-order valence-corrected chi connectivity index (χ3v) is 3.72. The lowest BCUT2D eigenvalue weighted by atomic mass is 10.0. The number of nitrogens with one attached hydrogen (secondary N) is 1. The zero-order valence-electron chi connectivity index (χ0n) is 13.0. The van der Waals surface area contributed by atoms with Gasteiger partial charge in [-0.05, 0) is 43.0 Å². The predicted molar refractivity (Wildman–Crippen MR) is 82.0 cm³/mol. The Morgan fingerprint density at radius 2 is 1.86 bits per heavy atom. The van der Waals surface area contributed by atoms with E-state index >= 15 is 0 Å². The molecule has 1 aromatic carbocycles. The van der Waals surface area contributed by atoms with Gasteiger partial charge >= 0.3 is 0 Å². The number of benzene rings is 1. The summed E-state index contributed by atoms with van der Waals surface area (Å²) in [6.45, 7) is 8.78. The molecule has 2 rings (SSSR count). The van der Waals surface area contributed by atoms with Gasteiger partial charge < -0.3 is 5.32 Å². The quantitative estimate of drug-likeness (QED) is 0.918. The van der Waals surface area contributed by atoms with Gasteiger partial charge in [0.25, 0.3) is 5.91 Å². The maximum atomic E-state index is 12.4. The van der Waals surface area contributed by atoms with Crippen LogP contribution in [0.15, 0.2) is 30.6 Å². The second-order valence-corrected chi connectivity index (χ2v) is 5.71. The van der Waals surface area contributed by atoms with Gasteiger partial charge in [0.2, 0.25) is 0 Å². The smallest absolute Gasteiger partial charge is 0.251 e. The summed E-state index contributed by atoms with van der Waals surface area (Å²) < 4.78 is 0. The van der Waals surface area contributed by atoms with Gasteiger partial charge in [0, 0.05) is 5.56 Å². The van der Waals surface area contributed by atoms with Gasteiger partial charge in [-0.1, -0.05) is 19.9 Å². The molecule has 5 heteroatoms. The fourth-order valence-corrected chi connectivity index (χ4v) is 2.07. The highest BCUT2D eigenvalue weighted by Gasteiger charge is 2.18. The van der Waals surface area contributed by atoms with Crippen LogP contribution >= 0.6 is 0 Å². The number of nitrogens with zero attached hydrogens (tertiary/aromatic N) is 3. The molecule has 0 fully saturated rings. The number of aromatic nitrogens is 3. The molecular formula is C16H22N4O. The van der Waals surface area contributed by atoms with Crippen molar-refractivity contribution < 1.29 is 4.79 Å². The summed E-state index contributed by atoms with van der Waals surface area (Å²) in [5.74, 6) is 0.246. The normalized spacial score (nSPS) is 12.4. The van der Waals surface area contributed by atoms with Crippen molar-refractivity contribution in [2.24, 2.45) is 5.92 Å². The highest BCUT2D eigenvalue weighted by molar-refractivity contribution is 5.94. The molecule has 0 radical (unpaired) electrons. The Hall–Kier alpha value is -2.17. The number of rotatable bonds is 5. The molecule has 0 bridgehead atoms. The van der Waals surface area contributed by atoms with Gasteiger partial charge in [0.05, 0.1) is 25.0 Å². The van der Waals surface area contributed by atoms with E-state index < -0.39 is 0 Å². The second-order valence-electron chi connectivity index (χ2n) is 5.71. The molecule has 0 spiro atoms. The molecule has 2 aromatic rings. The molecule has 0 aliphatic rings. The van der Waals surface area contributed by atoms with E-state index in [2.05, 4.69) is 29.4 Å². The van der Waals surface area contributed by atoms with E-state index in [9.17, 15) is 4.79 Å². The minimum Gasteiger partial charge on any atom is -0.347 e. The third-order valence-electron chi connectivity index (χ3n) is 3.72. The minimum absolute atomic E-state index is 0.00786. The van der Waals surface area contributed by atoms with Crippen LogP contribution < -0.4 is 5.32 Å². The van der Waals surface area contributed by atoms with Crippen LogP contribution in [0.3, 0.4) is 0 Å². The molecule has 1 unspecified atom stereocenters. The van der Waals surface area contributed by atoms with Crippen LogP contribution in [0.5, 0.6) is 0 Å². The van der Waals surface area contributed by atoms with Crippen LogP contribution in [-0.4, -0.2) is 26.9 Å². The van der Waals surface area contributed by atoms with Crippen molar-refractivity contribution in [3.63, 3.8) is 0 Å². The Balaban J connectivity index is 2.09. The molecular weight excluding hydrogens is 264 g/mol. The van der Waals surface area contributed by atoms with Crippen molar-refractivity contribution in [1.29, 1.82) is 0 Å². The van der Waals surface area contributed by atoms with Crippen molar-refractivity contribution in [2.45, 2.75) is 40.3 Å². The van der Waals surface area contributed by atoms with Gasteiger partial charge in [-0.25, -0.2) is 0 Å². The van der Waals surface area contributed by atoms with E-state index in [1.54, 1.807) is 17.2 Å². The van der Waals surface area contributed by atoms with Gasteiger partial charge in [-0.15, -0.1) is 0 Å². The third kappa shape index (κ3) is 3.90. The summed E-state index contributed by atoms with van der Waals surface area (Å²) in [6.07, 6.45) is 3.28. The van der Waals surface area contributed by atoms with E-state index in [0.29, 0.717) is 18.0 Å². The summed E-state index contributed by atoms with van der Waals surface area (Å²) in [5.41, 5.74) is 3.00. The highest BCUT2D eigenvalue weighted by atomic mass is 16.1. The summed E-state index contributed by atoms with van der Waals surface area (Å²) in [7, 11) is 0. The van der Waals surface area contributed by atoms with Crippen LogP contribution in [-0.2, 0) is 6.54 Å². The first-order chi connectivity index (χ1) is 9.97. The lowest BCUT2D eigenvalue weighted by molar-refractivity contribution is 0.0917. The summed E-state index contributed by atoms with van der Waals surface area (Å²) in [6, 6.07) is 5.76. The molecule has 0 saturated heterocycles. The number of hydrogen-bond acceptors (Lipinski definition) is 3. The van der Waals surface area contributed by atoms with Crippen molar-refractivity contribution in [2.75, 3.05) is 0 Å². The zero-order chi connectivity index (χ0) is 15.4. The largest absolute Gasteiger partial charge is 0.347 e. The molecule has 1 amide bonds. The van der Waals surface area contributed by atoms with Crippen LogP contribution in [0.1, 0.15) is 35.3 Å². The molecule has 0 saturated carbocycles. The Morgan fingerprint density at radius 3 is 2.43 bits per heavy atom. The molecule has 0 aliphatic heterocycles. The van der Waals surface area contributed by atoms with E-state index in [4.69, 9.17) is 0 Å². The Bertz CT molecular complexity index is 605. The number of amides is 1. The molecule has 1 atom stereocenters. The lowest BCUT2D eigenvalue weighted by Crippen LogP contribution is -2.42. The predicted octanol–water partition coefficient (Wildman–Crippen LogP) is 2.35. The maximum Gasteiger partial charge on any atom is 0.251 e. The van der Waals surface area contributed by atoms with Crippen LogP contribution in [0.2, 0.25) is 0 Å². The van der Waals surface area contributed by atoms with E-state index in [0.717, 1.165) is 5.56 Å². The molecule has 1 N–H and O–H groups in total. The molecule has 1 heterocycles. The van der Waals surface area contributed by atoms with E-state index in [-0.39, 0.29) is 11.9 Å². The molecule has 5 nitrogen and oxygen atoms in total. The summed E-state index contributed by atoms with van der Waals surface area (Å²) in [4.78, 5) is 14.0. The van der Waals surface area contributed by atoms with Crippen LogP contribution in [0.4, 0.5) is 0 Å². The monoisotopic (exact) mass is 286 g/mol. The average molecular weight is 286 g/mol. The van der Waals surface area contributed by atoms with Crippen LogP contribution in [0, 0.1) is 19.8 Å². The first kappa shape index (κ1) is 15.2. The Labute approximate surface area is 125 Å². The summed E-state index contributed by atoms with van der Waals surface area (Å²) in [5, 5.41) is 11.3. The van der Waals surface area contributed by atoms with E-state index in [1.165, 1.54) is 5.56 Å². The van der Waals surface area contributed by atoms with Gasteiger partial charge in [0.1, 0.15) is 0 Å². The molecule has 0 aliphatic carbocycles. The molecule has 1 aromatic heterocycles. The molecule has 21 heavy (non-hydrogen) atoms. The van der Waals surface area contributed by atoms with E-state index in [1.807, 2.05) is 32.0 Å². The van der Waals surface area contributed by atoms with Gasteiger partial charge in [-0.3, -0.25) is 4.79 Å². The number of carbonyl (C=O) groups is 1. The average Bonchev–Trinajstić information content (AvgIpc) is 2.93. The summed E-state index contributed by atoms with van der Waals surface area (Å²) >= 11 is 0. The lowest BCUT2D eigenvalue weighted by Gasteiger charge is -2.22. The first-order valence-corrected chi connectivity index (χ1v) is 7.19. The van der Waals surface area contributed by atoms with Crippen LogP contribution in [0.25, 0.3) is 0 Å². The van der Waals surface area contributed by atoms with Crippen molar-refractivity contribution in [3.8, 4) is 0 Å². The van der Waals surface area contributed by atoms with Gasteiger partial charge in [-0.2, -0.15) is 15.0 Å². The zero-order valence-corrected chi connectivity index (χ0v) is 13.0. The maximum absolute atomic E-state index is 12.4. The van der Waals surface area contributed by atoms with Crippen molar-refractivity contribution in [1.82, 2.24) is 20.3 Å². The minimum atomic E-state index is -0.0519. The number of aryl methyl sites for hydroxylation is 2. The Morgan fingerprint density at radius 1 is 1.19 bits per heavy atom. The van der Waals surface area contributed by atoms with Crippen molar-refractivity contribution in [3.05, 3.63) is 47.3 Å². The highest BCUT2D eigenvalue weighted by Crippen LogP contribution is 2.11. The SMILES string of the molecule is Cc1ccc(C(=O)NC(Cn2nccn2)C(C)C)cc1C. The first-order valence-electron chi connectivity index (χ1n) is 7.19. The fraction of sp³-hybridized carbons (Fsp3) is 0.438. The topological polar surface area (TPSA) is 59.8 Å². The Kier molecular flexibility index (Phi) is 4.73.